The number of carbonyl (C=O) groups is 1. The molecule has 0 atom stereocenters. The lowest BCUT2D eigenvalue weighted by atomic mass is 10.1. The number of methoxy groups -OCH3 is 1. The zero-order valence-corrected chi connectivity index (χ0v) is 9.57. The van der Waals surface area contributed by atoms with Gasteiger partial charge in [0.15, 0.2) is 5.78 Å². The van der Waals surface area contributed by atoms with Gasteiger partial charge in [0.05, 0.1) is 18.4 Å². The highest BCUT2D eigenvalue weighted by Gasteiger charge is 2.11. The Morgan fingerprint density at radius 2 is 2.27 bits per heavy atom. The van der Waals surface area contributed by atoms with Crippen LogP contribution in [0.1, 0.15) is 17.3 Å². The van der Waals surface area contributed by atoms with E-state index in [4.69, 9.17) is 4.74 Å². The van der Waals surface area contributed by atoms with Crippen LogP contribution in [0.15, 0.2) is 18.2 Å². The highest BCUT2D eigenvalue weighted by Crippen LogP contribution is 2.17. The third-order valence-electron chi connectivity index (χ3n) is 1.91. The van der Waals surface area contributed by atoms with E-state index in [0.717, 1.165) is 5.75 Å². The molecule has 0 fully saturated rings. The lowest BCUT2D eigenvalue weighted by molar-refractivity contribution is 0.101. The fourth-order valence-electron chi connectivity index (χ4n) is 1.12. The number of Topliss-reactive ketones (excluding diaryl/α,β-unsaturated/α-hetero) is 1. The van der Waals surface area contributed by atoms with Gasteiger partial charge in [-0.25, -0.2) is 4.39 Å². The van der Waals surface area contributed by atoms with Crippen LogP contribution in [-0.2, 0) is 0 Å². The molecule has 0 aromatic heterocycles. The average molecular weight is 228 g/mol. The molecule has 0 saturated heterocycles. The summed E-state index contributed by atoms with van der Waals surface area (Å²) in [6.45, 7) is 1.96. The van der Waals surface area contributed by atoms with Gasteiger partial charge in [0, 0.05) is 6.07 Å². The maximum absolute atomic E-state index is 13.4. The van der Waals surface area contributed by atoms with E-state index in [-0.39, 0.29) is 11.3 Å². The monoisotopic (exact) mass is 228 g/mol. The van der Waals surface area contributed by atoms with Gasteiger partial charge in [0.25, 0.3) is 0 Å². The van der Waals surface area contributed by atoms with Gasteiger partial charge in [-0.1, -0.05) is 6.92 Å². The first-order chi connectivity index (χ1) is 7.19. The maximum Gasteiger partial charge on any atom is 0.175 e. The summed E-state index contributed by atoms with van der Waals surface area (Å²) in [5, 5.41) is 0. The number of benzene rings is 1. The Kier molecular flexibility index (Phi) is 4.62. The van der Waals surface area contributed by atoms with Gasteiger partial charge in [0.2, 0.25) is 0 Å². The van der Waals surface area contributed by atoms with Gasteiger partial charge in [-0.2, -0.15) is 11.8 Å². The number of halogens is 1. The summed E-state index contributed by atoms with van der Waals surface area (Å²) in [7, 11) is 1.46. The molecule has 4 heteroatoms. The van der Waals surface area contributed by atoms with Crippen LogP contribution in [0.25, 0.3) is 0 Å². The Labute approximate surface area is 92.8 Å². The molecular formula is C11H13FO2S. The lowest BCUT2D eigenvalue weighted by Gasteiger charge is -2.04. The first kappa shape index (κ1) is 12.0. The van der Waals surface area contributed by atoms with Crippen LogP contribution < -0.4 is 4.74 Å². The van der Waals surface area contributed by atoms with E-state index in [1.807, 2.05) is 6.92 Å². The highest BCUT2D eigenvalue weighted by atomic mass is 32.2. The predicted molar refractivity (Wildman–Crippen MR) is 60.3 cm³/mol. The Hall–Kier alpha value is -1.03. The molecule has 0 bridgehead atoms. The molecule has 0 aliphatic carbocycles. The molecule has 0 aliphatic heterocycles. The number of hydrogen-bond donors (Lipinski definition) is 0. The Bertz CT molecular complexity index is 352. The van der Waals surface area contributed by atoms with E-state index in [1.54, 1.807) is 6.07 Å². The fourth-order valence-corrected chi connectivity index (χ4v) is 1.67. The summed E-state index contributed by atoms with van der Waals surface area (Å²) in [4.78, 5) is 11.5. The van der Waals surface area contributed by atoms with Crippen molar-refractivity contribution in [1.29, 1.82) is 0 Å². The lowest BCUT2D eigenvalue weighted by Crippen LogP contribution is -2.05. The summed E-state index contributed by atoms with van der Waals surface area (Å²) in [6, 6.07) is 4.28. The van der Waals surface area contributed by atoms with Crippen molar-refractivity contribution < 1.29 is 13.9 Å². The molecule has 1 rings (SSSR count). The molecule has 0 aliphatic rings. The van der Waals surface area contributed by atoms with E-state index in [2.05, 4.69) is 0 Å². The number of ether oxygens (including phenoxy) is 1. The van der Waals surface area contributed by atoms with Crippen LogP contribution in [0.5, 0.6) is 5.75 Å². The summed E-state index contributed by atoms with van der Waals surface area (Å²) >= 11 is 1.48. The Balaban J connectivity index is 2.81. The summed E-state index contributed by atoms with van der Waals surface area (Å²) in [5.74, 6) is 0.897. The van der Waals surface area contributed by atoms with Gasteiger partial charge >= 0.3 is 0 Å². The van der Waals surface area contributed by atoms with Crippen molar-refractivity contribution in [3.05, 3.63) is 29.6 Å². The SMILES string of the molecule is CCSCC(=O)c1ccc(OC)cc1F. The van der Waals surface area contributed by atoms with Crippen molar-refractivity contribution >= 4 is 17.5 Å². The number of thioether (sulfide) groups is 1. The van der Waals surface area contributed by atoms with Crippen molar-refractivity contribution in [2.45, 2.75) is 6.92 Å². The minimum absolute atomic E-state index is 0.136. The molecule has 0 unspecified atom stereocenters. The molecule has 15 heavy (non-hydrogen) atoms. The van der Waals surface area contributed by atoms with E-state index < -0.39 is 5.82 Å². The molecule has 0 saturated carbocycles. The van der Waals surface area contributed by atoms with Crippen LogP contribution >= 0.6 is 11.8 Å². The van der Waals surface area contributed by atoms with Crippen LogP contribution in [-0.4, -0.2) is 24.4 Å². The number of carbonyl (C=O) groups excluding carboxylic acids is 1. The van der Waals surface area contributed by atoms with E-state index in [0.29, 0.717) is 11.5 Å². The maximum atomic E-state index is 13.4. The molecule has 2 nitrogen and oxygen atoms in total. The quantitative estimate of drug-likeness (QED) is 0.725. The average Bonchev–Trinajstić information content (AvgIpc) is 2.25. The minimum atomic E-state index is -0.518. The van der Waals surface area contributed by atoms with Crippen molar-refractivity contribution in [2.75, 3.05) is 18.6 Å². The zero-order valence-electron chi connectivity index (χ0n) is 8.75. The van der Waals surface area contributed by atoms with Crippen LogP contribution in [0.3, 0.4) is 0 Å². The van der Waals surface area contributed by atoms with Gasteiger partial charge in [-0.05, 0) is 17.9 Å². The molecule has 1 aromatic rings. The third-order valence-corrected chi connectivity index (χ3v) is 2.79. The molecule has 82 valence electrons. The second-order valence-electron chi connectivity index (χ2n) is 2.91. The van der Waals surface area contributed by atoms with Gasteiger partial charge in [0.1, 0.15) is 11.6 Å². The molecule has 0 heterocycles. The van der Waals surface area contributed by atoms with E-state index in [1.165, 1.54) is 31.0 Å². The summed E-state index contributed by atoms with van der Waals surface area (Å²) in [5.41, 5.74) is 0.136. The minimum Gasteiger partial charge on any atom is -0.497 e. The molecule has 0 spiro atoms. The molecular weight excluding hydrogens is 215 g/mol. The normalized spacial score (nSPS) is 10.1. The second-order valence-corrected chi connectivity index (χ2v) is 4.18. The Morgan fingerprint density at radius 1 is 1.53 bits per heavy atom. The smallest absolute Gasteiger partial charge is 0.175 e. The van der Waals surface area contributed by atoms with Crippen LogP contribution in [0, 0.1) is 5.82 Å². The summed E-state index contributed by atoms with van der Waals surface area (Å²) in [6.07, 6.45) is 0. The summed E-state index contributed by atoms with van der Waals surface area (Å²) < 4.78 is 18.3. The first-order valence-electron chi connectivity index (χ1n) is 4.63. The molecule has 0 radical (unpaired) electrons. The second kappa shape index (κ2) is 5.75. The van der Waals surface area contributed by atoms with Gasteiger partial charge in [-0.3, -0.25) is 4.79 Å². The van der Waals surface area contributed by atoms with E-state index in [9.17, 15) is 9.18 Å². The highest BCUT2D eigenvalue weighted by molar-refractivity contribution is 7.99. The van der Waals surface area contributed by atoms with Crippen LogP contribution in [0.4, 0.5) is 4.39 Å². The Morgan fingerprint density at radius 3 is 2.80 bits per heavy atom. The van der Waals surface area contributed by atoms with Gasteiger partial charge in [-0.15, -0.1) is 0 Å². The number of hydrogen-bond acceptors (Lipinski definition) is 3. The van der Waals surface area contributed by atoms with Crippen molar-refractivity contribution in [3.63, 3.8) is 0 Å². The van der Waals surface area contributed by atoms with Crippen molar-refractivity contribution in [1.82, 2.24) is 0 Å². The number of ketones is 1. The standard InChI is InChI=1S/C11H13FO2S/c1-3-15-7-11(13)9-5-4-8(14-2)6-10(9)12/h4-6H,3,7H2,1-2H3. The van der Waals surface area contributed by atoms with Crippen molar-refractivity contribution in [3.8, 4) is 5.75 Å². The topological polar surface area (TPSA) is 26.3 Å². The zero-order chi connectivity index (χ0) is 11.3. The fraction of sp³-hybridized carbons (Fsp3) is 0.364. The first-order valence-corrected chi connectivity index (χ1v) is 5.79. The largest absolute Gasteiger partial charge is 0.497 e. The molecule has 1 aromatic carbocycles. The van der Waals surface area contributed by atoms with E-state index >= 15 is 0 Å². The molecule has 0 amide bonds. The molecule has 0 N–H and O–H groups in total. The predicted octanol–water partition coefficient (Wildman–Crippen LogP) is 2.77. The third kappa shape index (κ3) is 3.23. The van der Waals surface area contributed by atoms with Crippen LogP contribution in [0.2, 0.25) is 0 Å². The number of rotatable bonds is 5. The van der Waals surface area contributed by atoms with Crippen molar-refractivity contribution in [2.24, 2.45) is 0 Å². The van der Waals surface area contributed by atoms with Gasteiger partial charge < -0.3 is 4.74 Å².